The number of hydrogen-bond acceptors (Lipinski definition) is 5. The van der Waals surface area contributed by atoms with Gasteiger partial charge in [-0.25, -0.2) is 0 Å². The number of piperazine rings is 1. The molecule has 4 aliphatic carbocycles. The van der Waals surface area contributed by atoms with Crippen molar-refractivity contribution in [1.82, 2.24) is 5.32 Å². The first-order valence-electron chi connectivity index (χ1n) is 11.9. The van der Waals surface area contributed by atoms with Crippen molar-refractivity contribution in [3.05, 3.63) is 28.3 Å². The summed E-state index contributed by atoms with van der Waals surface area (Å²) in [5.74, 6) is 2.64. The number of benzene rings is 1. The lowest BCUT2D eigenvalue weighted by atomic mass is 9.48. The Morgan fingerprint density at radius 3 is 2.20 bits per heavy atom. The Balaban J connectivity index is 1.41. The topological polar surface area (TPSA) is 70.4 Å². The normalized spacial score (nSPS) is 38.5. The fraction of sp³-hybridized carbons (Fsp3) is 0.750. The Kier molecular flexibility index (Phi) is 4.96. The lowest BCUT2D eigenvalue weighted by molar-refractivity contribution is -0.384. The molecule has 2 N–H and O–H groups in total. The number of rotatable bonds is 5. The highest BCUT2D eigenvalue weighted by Gasteiger charge is 2.53. The third kappa shape index (κ3) is 3.57. The van der Waals surface area contributed by atoms with Crippen LogP contribution in [0.5, 0.6) is 0 Å². The number of hydrogen-bond donors (Lipinski definition) is 2. The highest BCUT2D eigenvalue weighted by atomic mass is 16.6. The average molecular weight is 413 g/mol. The molecule has 5 fully saturated rings. The van der Waals surface area contributed by atoms with Gasteiger partial charge in [0.25, 0.3) is 5.69 Å². The van der Waals surface area contributed by atoms with E-state index in [-0.39, 0.29) is 16.7 Å². The fourth-order valence-corrected chi connectivity index (χ4v) is 7.63. The molecule has 4 saturated carbocycles. The lowest BCUT2D eigenvalue weighted by Crippen LogP contribution is -2.54. The Labute approximate surface area is 179 Å². The van der Waals surface area contributed by atoms with Crippen molar-refractivity contribution in [2.75, 3.05) is 23.3 Å². The molecule has 0 amide bonds. The molecular formula is C24H36N4O2. The quantitative estimate of drug-likeness (QED) is 0.537. The second-order valence-electron chi connectivity index (χ2n) is 11.0. The number of nitrogens with one attached hydrogen (secondary N) is 2. The van der Waals surface area contributed by atoms with Crippen LogP contribution in [0, 0.1) is 33.3 Å². The summed E-state index contributed by atoms with van der Waals surface area (Å²) in [5.41, 5.74) is 2.30. The van der Waals surface area contributed by atoms with Gasteiger partial charge in [-0.2, -0.15) is 0 Å². The molecule has 1 aliphatic heterocycles. The van der Waals surface area contributed by atoms with E-state index in [1.165, 1.54) is 38.5 Å². The van der Waals surface area contributed by atoms with Crippen LogP contribution in [-0.2, 0) is 0 Å². The third-order valence-corrected chi connectivity index (χ3v) is 8.48. The SMILES string of the molecule is C[C@@H]1CN(c2ccc([N+](=O)[O-])c(N[C@@H](C)C34CC5CC(CC(C5)C3)C4)c2)C[C@@H](C)N1. The van der Waals surface area contributed by atoms with Gasteiger partial charge in [0.2, 0.25) is 0 Å². The van der Waals surface area contributed by atoms with Gasteiger partial charge in [0.1, 0.15) is 5.69 Å². The zero-order valence-electron chi connectivity index (χ0n) is 18.6. The van der Waals surface area contributed by atoms with E-state index in [0.29, 0.717) is 23.2 Å². The molecule has 30 heavy (non-hydrogen) atoms. The Morgan fingerprint density at radius 2 is 1.67 bits per heavy atom. The van der Waals surface area contributed by atoms with Crippen molar-refractivity contribution >= 4 is 17.1 Å². The summed E-state index contributed by atoms with van der Waals surface area (Å²) < 4.78 is 0. The number of nitro benzene ring substituents is 1. The van der Waals surface area contributed by atoms with Gasteiger partial charge in [-0.1, -0.05) is 0 Å². The molecule has 3 atom stereocenters. The highest BCUT2D eigenvalue weighted by molar-refractivity contribution is 5.69. The second kappa shape index (κ2) is 7.40. The number of nitro groups is 1. The summed E-state index contributed by atoms with van der Waals surface area (Å²) in [6.45, 7) is 8.52. The molecule has 4 bridgehead atoms. The molecule has 1 aromatic carbocycles. The summed E-state index contributed by atoms with van der Waals surface area (Å²) in [4.78, 5) is 13.9. The molecule has 6 heteroatoms. The highest BCUT2D eigenvalue weighted by Crippen LogP contribution is 2.61. The average Bonchev–Trinajstić information content (AvgIpc) is 2.66. The minimum Gasteiger partial charge on any atom is -0.376 e. The van der Waals surface area contributed by atoms with Crippen molar-refractivity contribution in [2.24, 2.45) is 23.2 Å². The van der Waals surface area contributed by atoms with Crippen LogP contribution in [0.25, 0.3) is 0 Å². The summed E-state index contributed by atoms with van der Waals surface area (Å²) in [5, 5.41) is 19.0. The van der Waals surface area contributed by atoms with Gasteiger partial charge in [-0.3, -0.25) is 10.1 Å². The van der Waals surface area contributed by atoms with E-state index in [0.717, 1.165) is 36.5 Å². The molecule has 0 unspecified atom stereocenters. The van der Waals surface area contributed by atoms with Gasteiger partial charge < -0.3 is 15.5 Å². The third-order valence-electron chi connectivity index (χ3n) is 8.48. The van der Waals surface area contributed by atoms with Gasteiger partial charge in [0, 0.05) is 43.0 Å². The molecule has 0 aromatic heterocycles. The van der Waals surface area contributed by atoms with Crippen LogP contribution in [0.4, 0.5) is 17.1 Å². The van der Waals surface area contributed by atoms with E-state index in [4.69, 9.17) is 0 Å². The fourth-order valence-electron chi connectivity index (χ4n) is 7.63. The zero-order valence-corrected chi connectivity index (χ0v) is 18.6. The van der Waals surface area contributed by atoms with Crippen LogP contribution in [0.3, 0.4) is 0 Å². The number of anilines is 2. The maximum absolute atomic E-state index is 11.8. The van der Waals surface area contributed by atoms with Crippen molar-refractivity contribution in [3.8, 4) is 0 Å². The van der Waals surface area contributed by atoms with Gasteiger partial charge >= 0.3 is 0 Å². The van der Waals surface area contributed by atoms with Gasteiger partial charge in [-0.15, -0.1) is 0 Å². The molecule has 5 aliphatic rings. The van der Waals surface area contributed by atoms with Gasteiger partial charge in [0.15, 0.2) is 0 Å². The lowest BCUT2D eigenvalue weighted by Gasteiger charge is -2.59. The van der Waals surface area contributed by atoms with Crippen molar-refractivity contribution in [1.29, 1.82) is 0 Å². The molecule has 0 radical (unpaired) electrons. The first-order chi connectivity index (χ1) is 14.3. The molecule has 0 spiro atoms. The molecule has 1 saturated heterocycles. The minimum absolute atomic E-state index is 0.201. The van der Waals surface area contributed by atoms with Gasteiger partial charge in [0.05, 0.1) is 4.92 Å². The van der Waals surface area contributed by atoms with Crippen molar-refractivity contribution in [2.45, 2.75) is 77.4 Å². The molecule has 6 rings (SSSR count). The standard InChI is InChI=1S/C24H36N4O2/c1-15-13-27(14-16(2)25-15)21-4-5-23(28(29)30)22(9-21)26-17(3)24-10-18-6-19(11-24)8-20(7-18)12-24/h4-5,9,15-20,25-26H,6-8,10-14H2,1-3H3/t15-,16-,17+,18?,19?,20?,24?/m1/s1. The second-order valence-corrected chi connectivity index (χ2v) is 11.0. The van der Waals surface area contributed by atoms with Crippen LogP contribution in [0.2, 0.25) is 0 Å². The summed E-state index contributed by atoms with van der Waals surface area (Å²) in [6, 6.07) is 6.73. The monoisotopic (exact) mass is 412 g/mol. The molecular weight excluding hydrogens is 376 g/mol. The van der Waals surface area contributed by atoms with E-state index in [1.54, 1.807) is 6.07 Å². The number of nitrogens with zero attached hydrogens (tertiary/aromatic N) is 2. The van der Waals surface area contributed by atoms with Crippen LogP contribution >= 0.6 is 0 Å². The van der Waals surface area contributed by atoms with E-state index < -0.39 is 0 Å². The van der Waals surface area contributed by atoms with Crippen LogP contribution in [-0.4, -0.2) is 36.1 Å². The molecule has 1 aromatic rings. The van der Waals surface area contributed by atoms with E-state index >= 15 is 0 Å². The smallest absolute Gasteiger partial charge is 0.292 e. The van der Waals surface area contributed by atoms with Crippen LogP contribution < -0.4 is 15.5 Å². The molecule has 6 nitrogen and oxygen atoms in total. The van der Waals surface area contributed by atoms with E-state index in [9.17, 15) is 10.1 Å². The first-order valence-corrected chi connectivity index (χ1v) is 11.9. The Hall–Kier alpha value is -1.82. The van der Waals surface area contributed by atoms with Crippen LogP contribution in [0.1, 0.15) is 59.3 Å². The van der Waals surface area contributed by atoms with Crippen molar-refractivity contribution < 1.29 is 4.92 Å². The summed E-state index contributed by atoms with van der Waals surface area (Å²) in [6.07, 6.45) is 8.15. The Morgan fingerprint density at radius 1 is 1.10 bits per heavy atom. The minimum atomic E-state index is -0.235. The predicted molar refractivity (Wildman–Crippen MR) is 121 cm³/mol. The summed E-state index contributed by atoms with van der Waals surface area (Å²) in [7, 11) is 0. The largest absolute Gasteiger partial charge is 0.376 e. The van der Waals surface area contributed by atoms with Crippen molar-refractivity contribution in [3.63, 3.8) is 0 Å². The van der Waals surface area contributed by atoms with E-state index in [1.807, 2.05) is 12.1 Å². The van der Waals surface area contributed by atoms with Crippen LogP contribution in [0.15, 0.2) is 18.2 Å². The predicted octanol–water partition coefficient (Wildman–Crippen LogP) is 4.80. The maximum atomic E-state index is 11.8. The summed E-state index contributed by atoms with van der Waals surface area (Å²) >= 11 is 0. The van der Waals surface area contributed by atoms with E-state index in [2.05, 4.69) is 36.3 Å². The van der Waals surface area contributed by atoms with Gasteiger partial charge in [-0.05, 0) is 94.6 Å². The molecule has 164 valence electrons. The maximum Gasteiger partial charge on any atom is 0.292 e. The molecule has 1 heterocycles. The first kappa shape index (κ1) is 20.1. The zero-order chi connectivity index (χ0) is 21.0. The Bertz CT molecular complexity index is 780.